The first-order chi connectivity index (χ1) is 18.7. The van der Waals surface area contributed by atoms with E-state index in [0.717, 1.165) is 5.56 Å². The van der Waals surface area contributed by atoms with Crippen molar-refractivity contribution in [1.82, 2.24) is 4.98 Å². The number of nitriles is 1. The van der Waals surface area contributed by atoms with E-state index in [-0.39, 0.29) is 28.0 Å². The van der Waals surface area contributed by atoms with Crippen molar-refractivity contribution in [2.24, 2.45) is 10.1 Å². The quantitative estimate of drug-likeness (QED) is 0.301. The van der Waals surface area contributed by atoms with Crippen molar-refractivity contribution in [3.8, 4) is 17.7 Å². The summed E-state index contributed by atoms with van der Waals surface area (Å²) in [6.45, 7) is 0. The van der Waals surface area contributed by atoms with Gasteiger partial charge in [-0.1, -0.05) is 35.6 Å². The van der Waals surface area contributed by atoms with Crippen LogP contribution in [0.5, 0.6) is 11.6 Å². The Morgan fingerprint density at radius 2 is 1.82 bits per heavy atom. The molecule has 0 bridgehead atoms. The number of thiazole rings is 1. The number of nitrogens with two attached hydrogens (primary N) is 1. The van der Waals surface area contributed by atoms with Crippen LogP contribution in [-0.4, -0.2) is 26.7 Å². The highest BCUT2D eigenvalue weighted by molar-refractivity contribution is 7.89. The first kappa shape index (κ1) is 26.1. The summed E-state index contributed by atoms with van der Waals surface area (Å²) in [4.78, 5) is 9.64. The summed E-state index contributed by atoms with van der Waals surface area (Å²) in [6.07, 6.45) is 1.49. The molecule has 1 aliphatic rings. The number of anilines is 2. The number of primary sulfonamides is 1. The third-order valence-corrected chi connectivity index (χ3v) is 7.75. The van der Waals surface area contributed by atoms with Crippen LogP contribution in [0.15, 0.2) is 94.1 Å². The van der Waals surface area contributed by atoms with Gasteiger partial charge in [0.1, 0.15) is 23.2 Å². The Morgan fingerprint density at radius 1 is 1.13 bits per heavy atom. The van der Waals surface area contributed by atoms with Gasteiger partial charge in [0.2, 0.25) is 21.8 Å². The molecule has 0 saturated heterocycles. The number of hydrogen-bond acceptors (Lipinski definition) is 9. The molecule has 39 heavy (non-hydrogen) atoms. The Kier molecular flexibility index (Phi) is 7.12. The van der Waals surface area contributed by atoms with E-state index in [9.17, 15) is 18.1 Å². The van der Waals surface area contributed by atoms with Crippen molar-refractivity contribution in [2.75, 3.05) is 12.4 Å². The Balaban J connectivity index is 1.53. The van der Waals surface area contributed by atoms with Gasteiger partial charge < -0.3 is 14.8 Å². The van der Waals surface area contributed by atoms with Crippen molar-refractivity contribution in [3.05, 3.63) is 106 Å². The lowest BCUT2D eigenvalue weighted by atomic mass is 9.89. The van der Waals surface area contributed by atoms with E-state index < -0.39 is 15.9 Å². The number of allylic oxidation sites excluding steroid dienone is 1. The lowest BCUT2D eigenvalue weighted by Crippen LogP contribution is -2.14. The third kappa shape index (κ3) is 5.65. The summed E-state index contributed by atoms with van der Waals surface area (Å²) in [5.41, 5.74) is 2.29. The standard InChI is InChI=1S/C27H20FN5O4S2/c1-36-20-10-4-17(5-11-20)23-22(14-29)25(31-15-16-2-6-18(28)7-3-16)37-26-24(23)38-27(33-26)32-19-8-12-21(13-9-19)39(30,34)35/h2-13,15,23H,1H3,(H,32,33)(H2,30,34,35). The predicted molar refractivity (Wildman–Crippen MR) is 145 cm³/mol. The molecule has 9 nitrogen and oxygen atoms in total. The molecule has 0 fully saturated rings. The molecule has 3 N–H and O–H groups in total. The second-order valence-corrected chi connectivity index (χ2v) is 10.9. The van der Waals surface area contributed by atoms with E-state index >= 15 is 0 Å². The molecular formula is C27H20FN5O4S2. The number of nitrogens with one attached hydrogen (secondary N) is 1. The zero-order valence-corrected chi connectivity index (χ0v) is 22.0. The molecule has 1 aliphatic heterocycles. The minimum atomic E-state index is -3.82. The number of rotatable bonds is 7. The van der Waals surface area contributed by atoms with E-state index in [1.807, 2.05) is 12.1 Å². The molecule has 1 atom stereocenters. The minimum Gasteiger partial charge on any atom is -0.497 e. The van der Waals surface area contributed by atoms with Gasteiger partial charge in [0.25, 0.3) is 0 Å². The van der Waals surface area contributed by atoms with Crippen LogP contribution in [-0.2, 0) is 10.0 Å². The normalized spacial score (nSPS) is 15.0. The zero-order valence-electron chi connectivity index (χ0n) is 20.3. The fraction of sp³-hybridized carbons (Fsp3) is 0.0741. The SMILES string of the molecule is COc1ccc(C2C(C#N)=C(N=Cc3ccc(F)cc3)Oc3nc(Nc4ccc(S(N)(=O)=O)cc4)sc32)cc1. The fourth-order valence-electron chi connectivity index (χ4n) is 3.88. The molecular weight excluding hydrogens is 541 g/mol. The molecule has 5 rings (SSSR count). The highest BCUT2D eigenvalue weighted by Crippen LogP contribution is 2.47. The number of hydrogen-bond donors (Lipinski definition) is 2. The average Bonchev–Trinajstić information content (AvgIpc) is 3.33. The molecule has 4 aromatic rings. The van der Waals surface area contributed by atoms with E-state index in [4.69, 9.17) is 14.6 Å². The number of ether oxygens (including phenoxy) is 2. The number of fused-ring (bicyclic) bond motifs is 1. The number of sulfonamides is 1. The molecule has 1 unspecified atom stereocenters. The monoisotopic (exact) mass is 561 g/mol. The van der Waals surface area contributed by atoms with Gasteiger partial charge in [0.15, 0.2) is 5.13 Å². The van der Waals surface area contributed by atoms with Gasteiger partial charge in [0, 0.05) is 11.9 Å². The molecule has 0 spiro atoms. The van der Waals surface area contributed by atoms with Gasteiger partial charge in [-0.3, -0.25) is 0 Å². The Labute approximate surface area is 227 Å². The maximum Gasteiger partial charge on any atom is 0.238 e. The molecule has 0 radical (unpaired) electrons. The summed E-state index contributed by atoms with van der Waals surface area (Å²) >= 11 is 1.29. The second kappa shape index (κ2) is 10.7. The van der Waals surface area contributed by atoms with Crippen LogP contribution in [0.25, 0.3) is 0 Å². The van der Waals surface area contributed by atoms with Gasteiger partial charge in [-0.2, -0.15) is 10.2 Å². The topological polar surface area (TPSA) is 140 Å². The molecule has 12 heteroatoms. The van der Waals surface area contributed by atoms with Crippen molar-refractivity contribution in [3.63, 3.8) is 0 Å². The minimum absolute atomic E-state index is 0.0130. The Hall–Kier alpha value is -4.57. The number of benzene rings is 3. The van der Waals surface area contributed by atoms with Crippen LogP contribution < -0.4 is 19.9 Å². The lowest BCUT2D eigenvalue weighted by molar-refractivity contribution is 0.384. The second-order valence-electron chi connectivity index (χ2n) is 8.33. The summed E-state index contributed by atoms with van der Waals surface area (Å²) < 4.78 is 47.7. The van der Waals surface area contributed by atoms with Gasteiger partial charge in [0.05, 0.1) is 22.8 Å². The summed E-state index contributed by atoms with van der Waals surface area (Å²) in [5.74, 6) is 0.115. The average molecular weight is 562 g/mol. The van der Waals surface area contributed by atoms with Gasteiger partial charge in [-0.15, -0.1) is 0 Å². The number of methoxy groups -OCH3 is 1. The van der Waals surface area contributed by atoms with E-state index in [1.165, 1.54) is 41.8 Å². The van der Waals surface area contributed by atoms with E-state index in [2.05, 4.69) is 21.4 Å². The van der Waals surface area contributed by atoms with Crippen LogP contribution in [0.3, 0.4) is 0 Å². The molecule has 0 amide bonds. The molecule has 0 saturated carbocycles. The summed E-state index contributed by atoms with van der Waals surface area (Å²) in [6, 6.07) is 21.2. The maximum absolute atomic E-state index is 13.3. The Bertz CT molecular complexity index is 1720. The number of aromatic nitrogens is 1. The smallest absolute Gasteiger partial charge is 0.238 e. The predicted octanol–water partition coefficient (Wildman–Crippen LogP) is 5.06. The maximum atomic E-state index is 13.3. The summed E-state index contributed by atoms with van der Waals surface area (Å²) in [5, 5.41) is 18.9. The Morgan fingerprint density at radius 3 is 2.44 bits per heavy atom. The molecule has 3 aromatic carbocycles. The zero-order chi connectivity index (χ0) is 27.6. The van der Waals surface area contributed by atoms with E-state index in [1.54, 1.807) is 43.5 Å². The number of nitrogens with zero attached hydrogens (tertiary/aromatic N) is 3. The largest absolute Gasteiger partial charge is 0.497 e. The lowest BCUT2D eigenvalue weighted by Gasteiger charge is -2.22. The van der Waals surface area contributed by atoms with Crippen molar-refractivity contribution >= 4 is 38.4 Å². The highest BCUT2D eigenvalue weighted by Gasteiger charge is 2.35. The first-order valence-electron chi connectivity index (χ1n) is 11.4. The molecule has 2 heterocycles. The highest BCUT2D eigenvalue weighted by atomic mass is 32.2. The van der Waals surface area contributed by atoms with Crippen molar-refractivity contribution in [2.45, 2.75) is 10.8 Å². The number of aliphatic imine (C=N–C) groups is 1. The van der Waals surface area contributed by atoms with Crippen LogP contribution in [0.4, 0.5) is 15.2 Å². The number of halogens is 1. The van der Waals surface area contributed by atoms with Crippen LogP contribution >= 0.6 is 11.3 Å². The van der Waals surface area contributed by atoms with Crippen molar-refractivity contribution < 1.29 is 22.3 Å². The van der Waals surface area contributed by atoms with Gasteiger partial charge in [-0.05, 0) is 59.7 Å². The van der Waals surface area contributed by atoms with Crippen LogP contribution in [0.1, 0.15) is 21.9 Å². The van der Waals surface area contributed by atoms with Crippen LogP contribution in [0.2, 0.25) is 0 Å². The molecule has 1 aromatic heterocycles. The van der Waals surface area contributed by atoms with Crippen molar-refractivity contribution in [1.29, 1.82) is 5.26 Å². The fourth-order valence-corrected chi connectivity index (χ4v) is 5.45. The van der Waals surface area contributed by atoms with Crippen LogP contribution in [0, 0.1) is 17.1 Å². The van der Waals surface area contributed by atoms with Gasteiger partial charge in [-0.25, -0.2) is 22.9 Å². The first-order valence-corrected chi connectivity index (χ1v) is 13.8. The molecule has 0 aliphatic carbocycles. The summed E-state index contributed by atoms with van der Waals surface area (Å²) in [7, 11) is -2.25. The van der Waals surface area contributed by atoms with E-state index in [0.29, 0.717) is 27.0 Å². The third-order valence-electron chi connectivity index (χ3n) is 5.80. The van der Waals surface area contributed by atoms with Gasteiger partial charge >= 0.3 is 0 Å². The molecule has 196 valence electrons.